The Balaban J connectivity index is 2.18. The minimum atomic E-state index is 0.176. The molecule has 1 atom stereocenters. The Morgan fingerprint density at radius 2 is 2.00 bits per heavy atom. The van der Waals surface area contributed by atoms with Gasteiger partial charge in [-0.1, -0.05) is 19.8 Å². The molecular weight excluding hydrogens is 248 g/mol. The van der Waals surface area contributed by atoms with E-state index in [1.807, 2.05) is 0 Å². The summed E-state index contributed by atoms with van der Waals surface area (Å²) in [4.78, 5) is 2.36. The summed E-state index contributed by atoms with van der Waals surface area (Å²) in [5, 5.41) is 4.64. The third kappa shape index (κ3) is 2.77. The van der Waals surface area contributed by atoms with Gasteiger partial charge in [-0.05, 0) is 46.3 Å². The van der Waals surface area contributed by atoms with Crippen LogP contribution in [0, 0.1) is 0 Å². The molecule has 0 aromatic carbocycles. The van der Waals surface area contributed by atoms with Crippen molar-refractivity contribution >= 4 is 0 Å². The first-order chi connectivity index (χ1) is 9.53. The number of aryl methyl sites for hydroxylation is 2. The molecule has 4 nitrogen and oxygen atoms in total. The Labute approximate surface area is 123 Å². The average molecular weight is 278 g/mol. The van der Waals surface area contributed by atoms with Crippen molar-refractivity contribution in [3.05, 3.63) is 17.5 Å². The normalized spacial score (nSPS) is 19.7. The lowest BCUT2D eigenvalue weighted by Gasteiger charge is -2.41. The summed E-state index contributed by atoms with van der Waals surface area (Å²) >= 11 is 0. The number of hydrogen-bond donors (Lipinski definition) is 1. The van der Waals surface area contributed by atoms with Gasteiger partial charge in [0.2, 0.25) is 0 Å². The van der Waals surface area contributed by atoms with Gasteiger partial charge in [-0.3, -0.25) is 4.68 Å². The molecule has 1 aromatic heterocycles. The van der Waals surface area contributed by atoms with Gasteiger partial charge in [-0.25, -0.2) is 0 Å². The predicted molar refractivity (Wildman–Crippen MR) is 83.8 cm³/mol. The number of nitrogens with zero attached hydrogens (tertiary/aromatic N) is 3. The SMILES string of the molecule is CCc1cc(CC(N)C2(N(C)C)CCCC2)n(CC)n1. The Hall–Kier alpha value is -0.870. The maximum Gasteiger partial charge on any atom is 0.0624 e. The zero-order chi connectivity index (χ0) is 14.8. The Morgan fingerprint density at radius 3 is 2.50 bits per heavy atom. The molecule has 1 heterocycles. The average Bonchev–Trinajstić information content (AvgIpc) is 3.05. The molecule has 1 saturated carbocycles. The molecule has 1 aliphatic rings. The van der Waals surface area contributed by atoms with Crippen molar-refractivity contribution in [3.8, 4) is 0 Å². The summed E-state index contributed by atoms with van der Waals surface area (Å²) < 4.78 is 2.12. The van der Waals surface area contributed by atoms with Crippen LogP contribution in [0.1, 0.15) is 50.9 Å². The third-order valence-electron chi connectivity index (χ3n) is 5.05. The fourth-order valence-corrected chi connectivity index (χ4v) is 3.68. The fraction of sp³-hybridized carbons (Fsp3) is 0.812. The molecule has 0 aliphatic heterocycles. The minimum Gasteiger partial charge on any atom is -0.326 e. The van der Waals surface area contributed by atoms with E-state index in [-0.39, 0.29) is 11.6 Å². The van der Waals surface area contributed by atoms with E-state index in [2.05, 4.69) is 48.7 Å². The zero-order valence-electron chi connectivity index (χ0n) is 13.5. The second-order valence-corrected chi connectivity index (χ2v) is 6.31. The highest BCUT2D eigenvalue weighted by molar-refractivity contribution is 5.14. The minimum absolute atomic E-state index is 0.176. The van der Waals surface area contributed by atoms with Crippen LogP contribution in [0.4, 0.5) is 0 Å². The molecule has 114 valence electrons. The van der Waals surface area contributed by atoms with Crippen LogP contribution in [0.5, 0.6) is 0 Å². The summed E-state index contributed by atoms with van der Waals surface area (Å²) in [6.45, 7) is 5.24. The summed E-state index contributed by atoms with van der Waals surface area (Å²) in [7, 11) is 4.36. The number of likely N-dealkylation sites (N-methyl/N-ethyl adjacent to an activating group) is 1. The molecule has 0 radical (unpaired) electrons. The molecule has 4 heteroatoms. The molecule has 1 unspecified atom stereocenters. The lowest BCUT2D eigenvalue weighted by atomic mass is 9.84. The van der Waals surface area contributed by atoms with Crippen LogP contribution in [-0.4, -0.2) is 40.4 Å². The van der Waals surface area contributed by atoms with Gasteiger partial charge in [0.25, 0.3) is 0 Å². The van der Waals surface area contributed by atoms with E-state index in [0.29, 0.717) is 0 Å². The molecule has 0 amide bonds. The van der Waals surface area contributed by atoms with Gasteiger partial charge < -0.3 is 10.6 Å². The van der Waals surface area contributed by atoms with E-state index in [0.717, 1.165) is 19.4 Å². The van der Waals surface area contributed by atoms with Crippen LogP contribution in [0.3, 0.4) is 0 Å². The van der Waals surface area contributed by atoms with E-state index in [1.165, 1.54) is 37.1 Å². The standard InChI is InChI=1S/C16H30N4/c1-5-13-11-14(20(6-2)18-13)12-15(17)16(19(3)4)9-7-8-10-16/h11,15H,5-10,12,17H2,1-4H3. The molecule has 0 bridgehead atoms. The maximum absolute atomic E-state index is 6.64. The van der Waals surface area contributed by atoms with Crippen molar-refractivity contribution in [1.29, 1.82) is 0 Å². The number of rotatable bonds is 6. The van der Waals surface area contributed by atoms with Crippen molar-refractivity contribution in [3.63, 3.8) is 0 Å². The number of nitrogens with two attached hydrogens (primary N) is 1. The van der Waals surface area contributed by atoms with Crippen LogP contribution in [0.15, 0.2) is 6.07 Å². The van der Waals surface area contributed by atoms with Gasteiger partial charge in [0, 0.05) is 30.2 Å². The summed E-state index contributed by atoms with van der Waals surface area (Å²) in [6.07, 6.45) is 6.98. The first kappa shape index (κ1) is 15.5. The van der Waals surface area contributed by atoms with Crippen LogP contribution < -0.4 is 5.73 Å². The number of hydrogen-bond acceptors (Lipinski definition) is 3. The van der Waals surface area contributed by atoms with Crippen LogP contribution in [-0.2, 0) is 19.4 Å². The lowest BCUT2D eigenvalue weighted by molar-refractivity contribution is 0.122. The first-order valence-electron chi connectivity index (χ1n) is 8.02. The summed E-state index contributed by atoms with van der Waals surface area (Å²) in [5.41, 5.74) is 9.29. The van der Waals surface area contributed by atoms with E-state index in [4.69, 9.17) is 5.73 Å². The monoisotopic (exact) mass is 278 g/mol. The predicted octanol–water partition coefficient (Wildman–Crippen LogP) is 2.21. The van der Waals surface area contributed by atoms with Crippen molar-refractivity contribution in [2.75, 3.05) is 14.1 Å². The van der Waals surface area contributed by atoms with Gasteiger partial charge in [0.15, 0.2) is 0 Å². The highest BCUT2D eigenvalue weighted by atomic mass is 15.3. The smallest absolute Gasteiger partial charge is 0.0624 e. The summed E-state index contributed by atoms with van der Waals surface area (Å²) in [6, 6.07) is 2.42. The zero-order valence-corrected chi connectivity index (χ0v) is 13.5. The molecule has 0 saturated heterocycles. The molecule has 20 heavy (non-hydrogen) atoms. The van der Waals surface area contributed by atoms with Crippen LogP contribution >= 0.6 is 0 Å². The summed E-state index contributed by atoms with van der Waals surface area (Å²) in [5.74, 6) is 0. The van der Waals surface area contributed by atoms with Gasteiger partial charge in [0.1, 0.15) is 0 Å². The lowest BCUT2D eigenvalue weighted by Crippen LogP contribution is -2.56. The molecule has 1 aromatic rings. The van der Waals surface area contributed by atoms with Crippen molar-refractivity contribution in [2.45, 2.75) is 70.5 Å². The fourth-order valence-electron chi connectivity index (χ4n) is 3.68. The third-order valence-corrected chi connectivity index (χ3v) is 5.05. The van der Waals surface area contributed by atoms with Gasteiger partial charge in [0.05, 0.1) is 5.69 Å². The second kappa shape index (κ2) is 6.27. The quantitative estimate of drug-likeness (QED) is 0.868. The Bertz CT molecular complexity index is 430. The largest absolute Gasteiger partial charge is 0.326 e. The molecular formula is C16H30N4. The second-order valence-electron chi connectivity index (χ2n) is 6.31. The topological polar surface area (TPSA) is 47.1 Å². The Kier molecular flexibility index (Phi) is 4.86. The van der Waals surface area contributed by atoms with Gasteiger partial charge in [-0.15, -0.1) is 0 Å². The van der Waals surface area contributed by atoms with E-state index in [9.17, 15) is 0 Å². The number of aromatic nitrogens is 2. The maximum atomic E-state index is 6.64. The van der Waals surface area contributed by atoms with Crippen LogP contribution in [0.25, 0.3) is 0 Å². The molecule has 0 spiro atoms. The molecule has 2 N–H and O–H groups in total. The van der Waals surface area contributed by atoms with E-state index in [1.54, 1.807) is 0 Å². The van der Waals surface area contributed by atoms with E-state index >= 15 is 0 Å². The molecule has 2 rings (SSSR count). The van der Waals surface area contributed by atoms with Crippen molar-refractivity contribution in [1.82, 2.24) is 14.7 Å². The van der Waals surface area contributed by atoms with Crippen molar-refractivity contribution < 1.29 is 0 Å². The highest BCUT2D eigenvalue weighted by Crippen LogP contribution is 2.37. The molecule has 1 aliphatic carbocycles. The van der Waals surface area contributed by atoms with E-state index < -0.39 is 0 Å². The Morgan fingerprint density at radius 1 is 1.35 bits per heavy atom. The van der Waals surface area contributed by atoms with Crippen LogP contribution in [0.2, 0.25) is 0 Å². The van der Waals surface area contributed by atoms with Gasteiger partial charge in [-0.2, -0.15) is 5.10 Å². The molecule has 1 fully saturated rings. The van der Waals surface area contributed by atoms with Crippen molar-refractivity contribution in [2.24, 2.45) is 5.73 Å². The first-order valence-corrected chi connectivity index (χ1v) is 8.02. The van der Waals surface area contributed by atoms with Gasteiger partial charge >= 0.3 is 0 Å². The highest BCUT2D eigenvalue weighted by Gasteiger charge is 2.41.